The fourth-order valence-corrected chi connectivity index (χ4v) is 1.33. The number of rotatable bonds is 4. The van der Waals surface area contributed by atoms with Crippen molar-refractivity contribution in [1.29, 1.82) is 0 Å². The Hall–Kier alpha value is -0.190. The predicted octanol–water partition coefficient (Wildman–Crippen LogP) is 0.713. The Morgan fingerprint density at radius 2 is 2.08 bits per heavy atom. The molecule has 72 valence electrons. The Balaban J connectivity index is 2.35. The smallest absolute Gasteiger partial charge is 0.225 e. The van der Waals surface area contributed by atoms with Gasteiger partial charge in [0.15, 0.2) is 0 Å². The van der Waals surface area contributed by atoms with Crippen molar-refractivity contribution in [2.45, 2.75) is 38.5 Å². The molecule has 1 unspecified atom stereocenters. The zero-order chi connectivity index (χ0) is 9.30. The normalized spacial score (nSPS) is 35.8. The molecule has 1 heterocycles. The van der Waals surface area contributed by atoms with Gasteiger partial charge in [0.25, 0.3) is 0 Å². The van der Waals surface area contributed by atoms with Gasteiger partial charge in [0.1, 0.15) is 6.10 Å². The van der Waals surface area contributed by atoms with Crippen molar-refractivity contribution in [3.05, 3.63) is 0 Å². The molecule has 1 rings (SSSR count). The van der Waals surface area contributed by atoms with Crippen LogP contribution in [-0.2, 0) is 9.47 Å². The lowest BCUT2D eigenvalue weighted by Gasteiger charge is -2.19. The van der Waals surface area contributed by atoms with Gasteiger partial charge in [0.05, 0.1) is 12.2 Å². The third-order valence-corrected chi connectivity index (χ3v) is 2.31. The first-order valence-corrected chi connectivity index (χ1v) is 4.08. The van der Waals surface area contributed by atoms with Gasteiger partial charge in [-0.1, -0.05) is 6.92 Å². The molecule has 0 bridgehead atoms. The summed E-state index contributed by atoms with van der Waals surface area (Å²) in [4.78, 5) is 0. The number of methoxy groups -OCH3 is 1. The van der Waals surface area contributed by atoms with E-state index in [1.54, 1.807) is 6.92 Å². The lowest BCUT2D eigenvalue weighted by Crippen LogP contribution is -2.33. The number of aliphatic hydroxyl groups excluding tert-OH is 1. The van der Waals surface area contributed by atoms with Crippen LogP contribution in [0.2, 0.25) is 0 Å². The summed E-state index contributed by atoms with van der Waals surface area (Å²) in [7, 11) is 1.23. The highest BCUT2D eigenvalue weighted by Gasteiger charge is 2.44. The maximum atomic E-state index is 12.8. The van der Waals surface area contributed by atoms with Crippen molar-refractivity contribution in [2.75, 3.05) is 7.11 Å². The molecule has 12 heavy (non-hydrogen) atoms. The van der Waals surface area contributed by atoms with E-state index in [0.29, 0.717) is 0 Å². The van der Waals surface area contributed by atoms with Crippen LogP contribution in [0, 0.1) is 5.92 Å². The molecule has 1 aliphatic heterocycles. The van der Waals surface area contributed by atoms with Crippen molar-refractivity contribution in [2.24, 2.45) is 5.92 Å². The highest BCUT2D eigenvalue weighted by atomic mass is 19.1. The van der Waals surface area contributed by atoms with E-state index in [1.807, 2.05) is 6.92 Å². The maximum Gasteiger partial charge on any atom is 0.225 e. The third-order valence-electron chi connectivity index (χ3n) is 2.31. The summed E-state index contributed by atoms with van der Waals surface area (Å²) in [5, 5.41) is 9.33. The second-order valence-electron chi connectivity index (χ2n) is 3.24. The minimum absolute atomic E-state index is 0.0200. The molecule has 0 amide bonds. The predicted molar refractivity (Wildman–Crippen MR) is 41.4 cm³/mol. The molecule has 4 heteroatoms. The van der Waals surface area contributed by atoms with Gasteiger partial charge in [-0.15, -0.1) is 0 Å². The standard InChI is InChI=1S/C8H15FO3/c1-4(7-5(2)12-7)6(10)8(9)11-3/h4-8,10H,1-3H3/t4-,5-,6-,7-,8?/m0/s1. The largest absolute Gasteiger partial charge is 0.387 e. The van der Waals surface area contributed by atoms with Gasteiger partial charge in [-0.05, 0) is 6.92 Å². The Labute approximate surface area is 71.5 Å². The molecule has 5 atom stereocenters. The SMILES string of the molecule is COC(F)[C@@H](O)[C@H](C)[C@@H]1O[C@H]1C. The van der Waals surface area contributed by atoms with Crippen LogP contribution in [0.1, 0.15) is 13.8 Å². The molecular formula is C8H15FO3. The molecule has 0 aromatic rings. The van der Waals surface area contributed by atoms with E-state index in [9.17, 15) is 9.50 Å². The number of aliphatic hydroxyl groups is 1. The van der Waals surface area contributed by atoms with Gasteiger partial charge >= 0.3 is 0 Å². The fraction of sp³-hybridized carbons (Fsp3) is 1.00. The minimum atomic E-state index is -1.61. The molecule has 0 saturated carbocycles. The van der Waals surface area contributed by atoms with Crippen molar-refractivity contribution >= 4 is 0 Å². The van der Waals surface area contributed by atoms with E-state index in [1.165, 1.54) is 7.11 Å². The van der Waals surface area contributed by atoms with Gasteiger partial charge in [0.2, 0.25) is 6.36 Å². The molecule has 0 aliphatic carbocycles. The maximum absolute atomic E-state index is 12.8. The van der Waals surface area contributed by atoms with Crippen LogP contribution in [0.5, 0.6) is 0 Å². The Kier molecular flexibility index (Phi) is 3.04. The molecule has 0 aromatic carbocycles. The highest BCUT2D eigenvalue weighted by molar-refractivity contribution is 4.89. The lowest BCUT2D eigenvalue weighted by atomic mass is 9.99. The number of alkyl halides is 1. The number of ether oxygens (including phenoxy) is 2. The third kappa shape index (κ3) is 1.94. The van der Waals surface area contributed by atoms with Gasteiger partial charge in [-0.2, -0.15) is 0 Å². The van der Waals surface area contributed by atoms with E-state index in [-0.39, 0.29) is 18.1 Å². The van der Waals surface area contributed by atoms with Crippen LogP contribution in [-0.4, -0.2) is 36.9 Å². The summed E-state index contributed by atoms with van der Waals surface area (Å²) >= 11 is 0. The Bertz CT molecular complexity index is 145. The molecular weight excluding hydrogens is 163 g/mol. The quantitative estimate of drug-likeness (QED) is 0.645. The summed E-state index contributed by atoms with van der Waals surface area (Å²) in [6.45, 7) is 3.65. The van der Waals surface area contributed by atoms with Crippen LogP contribution >= 0.6 is 0 Å². The number of halogens is 1. The van der Waals surface area contributed by atoms with E-state index < -0.39 is 12.5 Å². The first-order valence-electron chi connectivity index (χ1n) is 4.08. The van der Waals surface area contributed by atoms with Gasteiger partial charge in [-0.25, -0.2) is 4.39 Å². The van der Waals surface area contributed by atoms with E-state index in [2.05, 4.69) is 4.74 Å². The summed E-state index contributed by atoms with van der Waals surface area (Å²) in [6, 6.07) is 0. The number of hydrogen-bond donors (Lipinski definition) is 1. The van der Waals surface area contributed by atoms with Crippen LogP contribution in [0.4, 0.5) is 4.39 Å². The zero-order valence-electron chi connectivity index (χ0n) is 7.53. The molecule has 0 radical (unpaired) electrons. The highest BCUT2D eigenvalue weighted by Crippen LogP contribution is 2.32. The van der Waals surface area contributed by atoms with Crippen LogP contribution < -0.4 is 0 Å². The van der Waals surface area contributed by atoms with E-state index in [0.717, 1.165) is 0 Å². The van der Waals surface area contributed by atoms with Crippen LogP contribution in [0.15, 0.2) is 0 Å². The van der Waals surface area contributed by atoms with Crippen molar-refractivity contribution in [3.8, 4) is 0 Å². The zero-order valence-corrected chi connectivity index (χ0v) is 7.53. The first-order chi connectivity index (χ1) is 5.57. The molecule has 3 nitrogen and oxygen atoms in total. The minimum Gasteiger partial charge on any atom is -0.387 e. The van der Waals surface area contributed by atoms with Gasteiger partial charge < -0.3 is 14.6 Å². The average Bonchev–Trinajstić information content (AvgIpc) is 2.78. The average molecular weight is 178 g/mol. The Morgan fingerprint density at radius 3 is 2.42 bits per heavy atom. The monoisotopic (exact) mass is 178 g/mol. The molecule has 0 spiro atoms. The van der Waals surface area contributed by atoms with Crippen molar-refractivity contribution < 1.29 is 19.0 Å². The van der Waals surface area contributed by atoms with E-state index in [4.69, 9.17) is 4.74 Å². The molecule has 0 aromatic heterocycles. The summed E-state index contributed by atoms with van der Waals surface area (Å²) in [5.41, 5.74) is 0. The van der Waals surface area contributed by atoms with Gasteiger partial charge in [-0.3, -0.25) is 0 Å². The number of epoxide rings is 1. The van der Waals surface area contributed by atoms with Crippen molar-refractivity contribution in [3.63, 3.8) is 0 Å². The van der Waals surface area contributed by atoms with Crippen LogP contribution in [0.25, 0.3) is 0 Å². The molecule has 1 fully saturated rings. The summed E-state index contributed by atoms with van der Waals surface area (Å²) in [5.74, 6) is -0.213. The molecule has 1 aliphatic rings. The lowest BCUT2D eigenvalue weighted by molar-refractivity contribution is -0.113. The number of hydrogen-bond acceptors (Lipinski definition) is 3. The Morgan fingerprint density at radius 1 is 1.58 bits per heavy atom. The molecule has 1 saturated heterocycles. The summed E-state index contributed by atoms with van der Waals surface area (Å²) < 4.78 is 22.2. The second kappa shape index (κ2) is 3.68. The fourth-order valence-electron chi connectivity index (χ4n) is 1.33. The molecule has 1 N–H and O–H groups in total. The second-order valence-corrected chi connectivity index (χ2v) is 3.24. The van der Waals surface area contributed by atoms with E-state index >= 15 is 0 Å². The summed E-state index contributed by atoms with van der Waals surface area (Å²) in [6.07, 6.45) is -2.59. The van der Waals surface area contributed by atoms with Gasteiger partial charge in [0, 0.05) is 13.0 Å². The first kappa shape index (κ1) is 9.89. The topological polar surface area (TPSA) is 42.0 Å². The van der Waals surface area contributed by atoms with Crippen LogP contribution in [0.3, 0.4) is 0 Å². The van der Waals surface area contributed by atoms with Crippen molar-refractivity contribution in [1.82, 2.24) is 0 Å².